The molecule has 1 aromatic heterocycles. The molecule has 0 atom stereocenters. The number of unbranched alkanes of at least 4 members (excludes halogenated alkanes) is 3. The van der Waals surface area contributed by atoms with Crippen LogP contribution in [-0.4, -0.2) is 33.5 Å². The number of hydroxylamine groups is 1. The highest BCUT2D eigenvalue weighted by Crippen LogP contribution is 2.30. The van der Waals surface area contributed by atoms with Gasteiger partial charge in [0.1, 0.15) is 0 Å². The summed E-state index contributed by atoms with van der Waals surface area (Å²) in [5.74, 6) is -0.323. The molecular formula is C24H28ClN5O3. The smallest absolute Gasteiger partial charge is 0.254 e. The molecular weight excluding hydrogens is 442 g/mol. The van der Waals surface area contributed by atoms with Crippen LogP contribution < -0.4 is 15.7 Å². The first kappa shape index (κ1) is 25.8. The van der Waals surface area contributed by atoms with E-state index < -0.39 is 0 Å². The summed E-state index contributed by atoms with van der Waals surface area (Å²) in [6.45, 7) is 8.05. The normalized spacial score (nSPS) is 11.2. The van der Waals surface area contributed by atoms with Gasteiger partial charge >= 0.3 is 0 Å². The van der Waals surface area contributed by atoms with Gasteiger partial charge in [-0.05, 0) is 37.1 Å². The van der Waals surface area contributed by atoms with Gasteiger partial charge in [0, 0.05) is 31.0 Å². The van der Waals surface area contributed by atoms with Crippen molar-refractivity contribution in [1.29, 1.82) is 0 Å². The number of anilines is 2. The van der Waals surface area contributed by atoms with Gasteiger partial charge in [0.2, 0.25) is 11.9 Å². The number of hydrogen-bond acceptors (Lipinski definition) is 6. The van der Waals surface area contributed by atoms with Crippen LogP contribution in [-0.2, 0) is 4.79 Å². The van der Waals surface area contributed by atoms with Gasteiger partial charge in [-0.1, -0.05) is 55.8 Å². The molecule has 2 rings (SSSR count). The predicted molar refractivity (Wildman–Crippen MR) is 129 cm³/mol. The molecule has 0 unspecified atom stereocenters. The molecule has 0 fully saturated rings. The van der Waals surface area contributed by atoms with Gasteiger partial charge in [-0.15, -0.1) is 0 Å². The Morgan fingerprint density at radius 2 is 1.70 bits per heavy atom. The average Bonchev–Trinajstić information content (AvgIpc) is 2.86. The van der Waals surface area contributed by atoms with E-state index in [9.17, 15) is 9.59 Å². The van der Waals surface area contributed by atoms with Crippen LogP contribution in [0, 0.1) is 0 Å². The van der Waals surface area contributed by atoms with E-state index in [1.807, 2.05) is 30.3 Å². The van der Waals surface area contributed by atoms with Crippen LogP contribution >= 0.6 is 11.6 Å². The Hall–Kier alpha value is -3.49. The van der Waals surface area contributed by atoms with E-state index in [0.29, 0.717) is 35.2 Å². The highest BCUT2D eigenvalue weighted by atomic mass is 35.5. The van der Waals surface area contributed by atoms with E-state index in [1.165, 1.54) is 18.5 Å². The van der Waals surface area contributed by atoms with Crippen LogP contribution in [0.25, 0.3) is 0 Å². The molecule has 8 nitrogen and oxygen atoms in total. The maximum absolute atomic E-state index is 12.4. The van der Waals surface area contributed by atoms with Gasteiger partial charge in [-0.25, -0.2) is 15.4 Å². The third-order valence-corrected chi connectivity index (χ3v) is 5.06. The first-order chi connectivity index (χ1) is 16.0. The minimum absolute atomic E-state index is 0.268. The van der Waals surface area contributed by atoms with Crippen LogP contribution in [0.2, 0.25) is 0 Å². The Labute approximate surface area is 198 Å². The van der Waals surface area contributed by atoms with Crippen molar-refractivity contribution in [1.82, 2.24) is 20.8 Å². The average molecular weight is 470 g/mol. The lowest BCUT2D eigenvalue weighted by Gasteiger charge is -2.24. The Bertz CT molecular complexity index is 977. The molecule has 2 aromatic rings. The number of rotatable bonds is 13. The fraction of sp³-hybridized carbons (Fsp3) is 0.250. The van der Waals surface area contributed by atoms with Crippen molar-refractivity contribution in [2.45, 2.75) is 32.1 Å². The number of aromatic nitrogens is 2. The molecule has 0 bridgehead atoms. The summed E-state index contributed by atoms with van der Waals surface area (Å²) in [4.78, 5) is 33.8. The number of carbonyl (C=O) groups is 2. The molecule has 2 amide bonds. The quantitative estimate of drug-likeness (QED) is 0.171. The van der Waals surface area contributed by atoms with E-state index in [-0.39, 0.29) is 18.2 Å². The molecule has 0 saturated carbocycles. The van der Waals surface area contributed by atoms with Gasteiger partial charge in [-0.3, -0.25) is 19.7 Å². The molecule has 33 heavy (non-hydrogen) atoms. The second-order valence-corrected chi connectivity index (χ2v) is 7.45. The van der Waals surface area contributed by atoms with E-state index in [4.69, 9.17) is 16.8 Å². The molecule has 0 aliphatic rings. The molecule has 174 valence electrons. The standard InChI is InChI=1S/C24H28ClN5O3/c1-3-20(25)21(4-2)30(19-12-8-7-9-13-19)24-27-16-18(17-28-24)23(32)26-15-11-6-5-10-14-22(31)29-33/h3-4,7-9,12-13,16-17,33H,1-2,5-6,10-11,14-15H2,(H,26,32)(H,29,31)/b21-20-. The van der Waals surface area contributed by atoms with E-state index >= 15 is 0 Å². The zero-order valence-electron chi connectivity index (χ0n) is 18.3. The van der Waals surface area contributed by atoms with Crippen molar-refractivity contribution in [3.05, 3.63) is 84.3 Å². The zero-order chi connectivity index (χ0) is 24.1. The monoisotopic (exact) mass is 469 g/mol. The van der Waals surface area contributed by atoms with Gasteiger partial charge in [0.15, 0.2) is 0 Å². The number of halogens is 1. The zero-order valence-corrected chi connectivity index (χ0v) is 19.1. The first-order valence-electron chi connectivity index (χ1n) is 10.5. The second-order valence-electron chi connectivity index (χ2n) is 7.04. The number of nitrogens with one attached hydrogen (secondary N) is 2. The van der Waals surface area contributed by atoms with E-state index in [2.05, 4.69) is 28.4 Å². The van der Waals surface area contributed by atoms with E-state index in [0.717, 1.165) is 24.9 Å². The largest absolute Gasteiger partial charge is 0.352 e. The maximum atomic E-state index is 12.4. The van der Waals surface area contributed by atoms with Crippen molar-refractivity contribution in [2.75, 3.05) is 11.4 Å². The molecule has 0 radical (unpaired) electrons. The van der Waals surface area contributed by atoms with Crippen molar-refractivity contribution in [3.63, 3.8) is 0 Å². The van der Waals surface area contributed by atoms with Gasteiger partial charge < -0.3 is 5.32 Å². The van der Waals surface area contributed by atoms with Crippen LogP contribution in [0.4, 0.5) is 11.6 Å². The fourth-order valence-electron chi connectivity index (χ4n) is 3.02. The number of carbonyl (C=O) groups excluding carboxylic acids is 2. The molecule has 3 N–H and O–H groups in total. The summed E-state index contributed by atoms with van der Waals surface area (Å²) in [5, 5.41) is 11.7. The predicted octanol–water partition coefficient (Wildman–Crippen LogP) is 4.62. The molecule has 0 saturated heterocycles. The van der Waals surface area contributed by atoms with Crippen molar-refractivity contribution < 1.29 is 14.8 Å². The lowest BCUT2D eigenvalue weighted by atomic mass is 10.1. The van der Waals surface area contributed by atoms with E-state index in [1.54, 1.807) is 16.5 Å². The molecule has 1 aromatic carbocycles. The van der Waals surface area contributed by atoms with Crippen LogP contribution in [0.3, 0.4) is 0 Å². The van der Waals surface area contributed by atoms with Gasteiger partial charge in [-0.2, -0.15) is 0 Å². The fourth-order valence-corrected chi connectivity index (χ4v) is 3.18. The van der Waals surface area contributed by atoms with Crippen molar-refractivity contribution in [3.8, 4) is 0 Å². The number of benzene rings is 1. The molecule has 0 aliphatic heterocycles. The highest BCUT2D eigenvalue weighted by molar-refractivity contribution is 6.32. The molecule has 1 heterocycles. The third kappa shape index (κ3) is 7.85. The number of amides is 2. The lowest BCUT2D eigenvalue weighted by molar-refractivity contribution is -0.129. The minimum atomic E-state index is -0.389. The number of para-hydroxylation sites is 1. The van der Waals surface area contributed by atoms with Crippen LogP contribution in [0.15, 0.2) is 78.8 Å². The number of allylic oxidation sites excluding steroid dienone is 3. The van der Waals surface area contributed by atoms with Gasteiger partial charge in [0.05, 0.1) is 16.3 Å². The summed E-state index contributed by atoms with van der Waals surface area (Å²) in [6.07, 6.45) is 9.48. The summed E-state index contributed by atoms with van der Waals surface area (Å²) >= 11 is 6.33. The molecule has 0 spiro atoms. The Morgan fingerprint density at radius 1 is 1.03 bits per heavy atom. The number of nitrogens with zero attached hydrogens (tertiary/aromatic N) is 3. The van der Waals surface area contributed by atoms with Gasteiger partial charge in [0.25, 0.3) is 5.91 Å². The first-order valence-corrected chi connectivity index (χ1v) is 10.9. The van der Waals surface area contributed by atoms with Crippen LogP contribution in [0.1, 0.15) is 42.5 Å². The van der Waals surface area contributed by atoms with Crippen LogP contribution in [0.5, 0.6) is 0 Å². The molecule has 9 heteroatoms. The Kier molecular flexibility index (Phi) is 10.8. The topological polar surface area (TPSA) is 107 Å². The van der Waals surface area contributed by atoms with Crippen molar-refractivity contribution >= 4 is 35.1 Å². The summed E-state index contributed by atoms with van der Waals surface area (Å²) < 4.78 is 0. The second kappa shape index (κ2) is 13.8. The third-order valence-electron chi connectivity index (χ3n) is 4.71. The summed E-state index contributed by atoms with van der Waals surface area (Å²) in [5.41, 5.74) is 3.29. The lowest BCUT2D eigenvalue weighted by Crippen LogP contribution is -2.25. The highest BCUT2D eigenvalue weighted by Gasteiger charge is 2.18. The number of hydrogen-bond donors (Lipinski definition) is 3. The van der Waals surface area contributed by atoms with Crippen molar-refractivity contribution in [2.24, 2.45) is 0 Å². The molecule has 0 aliphatic carbocycles. The minimum Gasteiger partial charge on any atom is -0.352 e. The Morgan fingerprint density at radius 3 is 2.30 bits per heavy atom. The summed E-state index contributed by atoms with van der Waals surface area (Å²) in [7, 11) is 0. The Balaban J connectivity index is 2.01. The SMILES string of the molecule is C=C/C(Cl)=C(\C=C)N(c1ccccc1)c1ncc(C(=O)NCCCCCCC(=O)NO)cn1. The maximum Gasteiger partial charge on any atom is 0.254 e. The summed E-state index contributed by atoms with van der Waals surface area (Å²) in [6, 6.07) is 9.43.